The van der Waals surface area contributed by atoms with Crippen LogP contribution < -0.4 is 9.80 Å². The minimum atomic E-state index is -0.440. The number of piperazine rings is 1. The molecule has 24 heavy (non-hydrogen) atoms. The molecular weight excluding hydrogens is 306 g/mol. The van der Waals surface area contributed by atoms with Crippen molar-refractivity contribution in [3.8, 4) is 0 Å². The first-order valence-corrected chi connectivity index (χ1v) is 7.93. The number of ketones is 1. The monoisotopic (exact) mass is 323 g/mol. The molecule has 2 aliphatic rings. The molecule has 0 aliphatic carbocycles. The van der Waals surface area contributed by atoms with Crippen molar-refractivity contribution in [3.05, 3.63) is 48.3 Å². The minimum Gasteiger partial charge on any atom is -0.338 e. The van der Waals surface area contributed by atoms with Gasteiger partial charge in [0.15, 0.2) is 0 Å². The van der Waals surface area contributed by atoms with Gasteiger partial charge in [0.1, 0.15) is 0 Å². The van der Waals surface area contributed by atoms with Crippen LogP contribution in [0.3, 0.4) is 0 Å². The van der Waals surface area contributed by atoms with E-state index in [1.807, 2.05) is 12.1 Å². The Hall–Kier alpha value is -2.80. The maximum Gasteiger partial charge on any atom is 0.300 e. The molecule has 2 aliphatic heterocycles. The van der Waals surface area contributed by atoms with Crippen LogP contribution in [0.15, 0.2) is 42.7 Å². The Bertz CT molecular complexity index is 772. The first-order chi connectivity index (χ1) is 11.7. The van der Waals surface area contributed by atoms with Crippen molar-refractivity contribution in [2.24, 2.45) is 0 Å². The number of carbonyl (C=O) groups excluding carboxylic acids is 2. The molecule has 1 saturated heterocycles. The first kappa shape index (κ1) is 14.8. The molecule has 0 N–H and O–H groups in total. The van der Waals surface area contributed by atoms with Crippen molar-refractivity contribution in [1.82, 2.24) is 14.9 Å². The SMILES string of the molecule is O=C1C(=O)N(CN2CCN(c3ncccn3)CC2)c2ccccc21. The molecule has 2 aromatic rings. The number of Topliss-reactive ketones (excluding diaryl/α,β-unsaturated/α-hetero) is 1. The van der Waals surface area contributed by atoms with Gasteiger partial charge in [-0.15, -0.1) is 0 Å². The lowest BCUT2D eigenvalue weighted by molar-refractivity contribution is -0.114. The summed E-state index contributed by atoms with van der Waals surface area (Å²) < 4.78 is 0. The molecule has 0 bridgehead atoms. The zero-order valence-corrected chi connectivity index (χ0v) is 13.1. The van der Waals surface area contributed by atoms with E-state index >= 15 is 0 Å². The van der Waals surface area contributed by atoms with Gasteiger partial charge < -0.3 is 4.90 Å². The standard InChI is InChI=1S/C17H17N5O2/c23-15-13-4-1-2-5-14(13)22(16(15)24)12-20-8-10-21(11-9-20)17-18-6-3-7-19-17/h1-7H,8-12H2. The van der Waals surface area contributed by atoms with Crippen molar-refractivity contribution in [3.63, 3.8) is 0 Å². The average molecular weight is 323 g/mol. The van der Waals surface area contributed by atoms with Crippen molar-refractivity contribution < 1.29 is 9.59 Å². The maximum absolute atomic E-state index is 12.2. The van der Waals surface area contributed by atoms with Gasteiger partial charge in [0.2, 0.25) is 5.95 Å². The second kappa shape index (κ2) is 6.01. The molecule has 0 radical (unpaired) electrons. The van der Waals surface area contributed by atoms with E-state index in [1.165, 1.54) is 0 Å². The highest BCUT2D eigenvalue weighted by Crippen LogP contribution is 2.28. The predicted octanol–water partition coefficient (Wildman–Crippen LogP) is 0.786. The maximum atomic E-state index is 12.2. The molecule has 3 heterocycles. The van der Waals surface area contributed by atoms with Crippen LogP contribution in [0, 0.1) is 0 Å². The molecule has 122 valence electrons. The smallest absolute Gasteiger partial charge is 0.300 e. The van der Waals surface area contributed by atoms with Gasteiger partial charge in [-0.3, -0.25) is 19.4 Å². The number of hydrogen-bond donors (Lipinski definition) is 0. The van der Waals surface area contributed by atoms with Crippen LogP contribution in [0.4, 0.5) is 11.6 Å². The fourth-order valence-corrected chi connectivity index (χ4v) is 3.13. The van der Waals surface area contributed by atoms with E-state index in [2.05, 4.69) is 19.8 Å². The lowest BCUT2D eigenvalue weighted by Gasteiger charge is -2.36. The summed E-state index contributed by atoms with van der Waals surface area (Å²) >= 11 is 0. The molecule has 1 aromatic heterocycles. The number of benzene rings is 1. The van der Waals surface area contributed by atoms with Crippen LogP contribution in [0.25, 0.3) is 0 Å². The van der Waals surface area contributed by atoms with E-state index in [4.69, 9.17) is 0 Å². The number of rotatable bonds is 3. The Morgan fingerprint density at radius 1 is 0.917 bits per heavy atom. The molecule has 1 amide bonds. The van der Waals surface area contributed by atoms with E-state index < -0.39 is 11.7 Å². The quantitative estimate of drug-likeness (QED) is 0.778. The molecule has 7 nitrogen and oxygen atoms in total. The van der Waals surface area contributed by atoms with Crippen molar-refractivity contribution in [2.75, 3.05) is 42.6 Å². The number of nitrogens with zero attached hydrogens (tertiary/aromatic N) is 5. The zero-order chi connectivity index (χ0) is 16.5. The lowest BCUT2D eigenvalue weighted by Crippen LogP contribution is -2.51. The number of carbonyl (C=O) groups is 2. The molecule has 0 spiro atoms. The zero-order valence-electron chi connectivity index (χ0n) is 13.1. The van der Waals surface area contributed by atoms with Crippen molar-refractivity contribution in [1.29, 1.82) is 0 Å². The van der Waals surface area contributed by atoms with Gasteiger partial charge in [-0.05, 0) is 18.2 Å². The average Bonchev–Trinajstić information content (AvgIpc) is 2.88. The Morgan fingerprint density at radius 3 is 2.38 bits per heavy atom. The first-order valence-electron chi connectivity index (χ1n) is 7.93. The second-order valence-electron chi connectivity index (χ2n) is 5.87. The summed E-state index contributed by atoms with van der Waals surface area (Å²) in [7, 11) is 0. The summed E-state index contributed by atoms with van der Waals surface area (Å²) in [6.45, 7) is 3.60. The van der Waals surface area contributed by atoms with Gasteiger partial charge in [-0.2, -0.15) is 0 Å². The van der Waals surface area contributed by atoms with E-state index in [1.54, 1.807) is 35.5 Å². The van der Waals surface area contributed by atoms with E-state index in [9.17, 15) is 9.59 Å². The van der Waals surface area contributed by atoms with E-state index in [0.29, 0.717) is 17.9 Å². The molecule has 1 fully saturated rings. The highest BCUT2D eigenvalue weighted by atomic mass is 16.2. The number of aromatic nitrogens is 2. The Labute approximate surface area is 139 Å². The largest absolute Gasteiger partial charge is 0.338 e. The third-order valence-electron chi connectivity index (χ3n) is 4.43. The summed E-state index contributed by atoms with van der Waals surface area (Å²) in [5.74, 6) is -0.123. The number of para-hydroxylation sites is 1. The molecule has 7 heteroatoms. The summed E-state index contributed by atoms with van der Waals surface area (Å²) in [5.41, 5.74) is 1.21. The van der Waals surface area contributed by atoms with Crippen LogP contribution in [-0.4, -0.2) is 59.4 Å². The molecule has 0 atom stereocenters. The Kier molecular flexibility index (Phi) is 3.70. The molecule has 4 rings (SSSR count). The predicted molar refractivity (Wildman–Crippen MR) is 88.9 cm³/mol. The normalized spacial score (nSPS) is 18.2. The van der Waals surface area contributed by atoms with Gasteiger partial charge in [-0.25, -0.2) is 9.97 Å². The summed E-state index contributed by atoms with van der Waals surface area (Å²) in [6.07, 6.45) is 3.47. The Morgan fingerprint density at radius 2 is 1.62 bits per heavy atom. The number of fused-ring (bicyclic) bond motifs is 1. The minimum absolute atomic E-state index is 0.415. The highest BCUT2D eigenvalue weighted by Gasteiger charge is 2.36. The van der Waals surface area contributed by atoms with E-state index in [0.717, 1.165) is 32.1 Å². The fourth-order valence-electron chi connectivity index (χ4n) is 3.13. The van der Waals surface area contributed by atoms with Gasteiger partial charge in [-0.1, -0.05) is 12.1 Å². The van der Waals surface area contributed by atoms with Gasteiger partial charge in [0.25, 0.3) is 5.78 Å². The molecule has 0 unspecified atom stereocenters. The summed E-state index contributed by atoms with van der Waals surface area (Å²) in [5, 5.41) is 0. The third kappa shape index (κ3) is 2.52. The van der Waals surface area contributed by atoms with Crippen molar-refractivity contribution in [2.45, 2.75) is 0 Å². The van der Waals surface area contributed by atoms with Crippen LogP contribution in [0.5, 0.6) is 0 Å². The van der Waals surface area contributed by atoms with Crippen molar-refractivity contribution >= 4 is 23.3 Å². The molecule has 1 aromatic carbocycles. The molecule has 0 saturated carbocycles. The van der Waals surface area contributed by atoms with Crippen LogP contribution in [-0.2, 0) is 4.79 Å². The summed E-state index contributed by atoms with van der Waals surface area (Å²) in [6, 6.07) is 8.97. The molecular formula is C17H17N5O2. The van der Waals surface area contributed by atoms with Crippen LogP contribution in [0.1, 0.15) is 10.4 Å². The fraction of sp³-hybridized carbons (Fsp3) is 0.294. The van der Waals surface area contributed by atoms with E-state index in [-0.39, 0.29) is 0 Å². The number of hydrogen-bond acceptors (Lipinski definition) is 6. The van der Waals surface area contributed by atoms with Gasteiger partial charge in [0.05, 0.1) is 17.9 Å². The van der Waals surface area contributed by atoms with Crippen LogP contribution >= 0.6 is 0 Å². The highest BCUT2D eigenvalue weighted by molar-refractivity contribution is 6.52. The summed E-state index contributed by atoms with van der Waals surface area (Å²) in [4.78, 5) is 38.7. The van der Waals surface area contributed by atoms with Gasteiger partial charge >= 0.3 is 5.91 Å². The third-order valence-corrected chi connectivity index (χ3v) is 4.43. The number of anilines is 2. The van der Waals surface area contributed by atoms with Crippen LogP contribution in [0.2, 0.25) is 0 Å². The Balaban J connectivity index is 1.43. The topological polar surface area (TPSA) is 69.6 Å². The lowest BCUT2D eigenvalue weighted by atomic mass is 10.1. The second-order valence-corrected chi connectivity index (χ2v) is 5.87. The number of amides is 1. The van der Waals surface area contributed by atoms with Gasteiger partial charge in [0, 0.05) is 38.6 Å².